The summed E-state index contributed by atoms with van der Waals surface area (Å²) in [7, 11) is 0. The molecule has 0 spiro atoms. The van der Waals surface area contributed by atoms with E-state index in [-0.39, 0.29) is 0 Å². The molecule has 1 saturated carbocycles. The number of benzene rings is 1. The summed E-state index contributed by atoms with van der Waals surface area (Å²) in [4.78, 5) is 7.76. The van der Waals surface area contributed by atoms with Gasteiger partial charge in [-0.1, -0.05) is 0 Å². The monoisotopic (exact) mass is 231 g/mol. The van der Waals surface area contributed by atoms with Crippen molar-refractivity contribution in [2.75, 3.05) is 18.5 Å². The number of aromatic amines is 1. The third-order valence-electron chi connectivity index (χ3n) is 3.06. The first-order valence-corrected chi connectivity index (χ1v) is 5.94. The second kappa shape index (κ2) is 3.29. The van der Waals surface area contributed by atoms with Crippen LogP contribution in [-0.2, 0) is 0 Å². The fraction of sp³-hybridized carbons (Fsp3) is 0.417. The van der Waals surface area contributed by atoms with Crippen molar-refractivity contribution in [2.24, 2.45) is 0 Å². The highest BCUT2D eigenvalue weighted by Crippen LogP contribution is 2.34. The smallest absolute Gasteiger partial charge is 0.201 e. The molecule has 1 fully saturated rings. The maximum Gasteiger partial charge on any atom is 0.201 e. The lowest BCUT2D eigenvalue weighted by Gasteiger charge is -2.17. The Morgan fingerprint density at radius 1 is 1.18 bits per heavy atom. The minimum absolute atomic E-state index is 0.595. The van der Waals surface area contributed by atoms with Crippen LogP contribution in [0.4, 0.5) is 5.95 Å². The van der Waals surface area contributed by atoms with Crippen molar-refractivity contribution < 1.29 is 9.47 Å². The van der Waals surface area contributed by atoms with Crippen LogP contribution in [0.5, 0.6) is 11.5 Å². The normalized spacial score (nSPS) is 18.4. The molecule has 1 aromatic carbocycles. The van der Waals surface area contributed by atoms with Crippen LogP contribution in [0.3, 0.4) is 0 Å². The molecular weight excluding hydrogens is 218 g/mol. The van der Waals surface area contributed by atoms with Crippen LogP contribution >= 0.6 is 0 Å². The fourth-order valence-electron chi connectivity index (χ4n) is 2.04. The summed E-state index contributed by atoms with van der Waals surface area (Å²) in [6, 6.07) is 4.48. The predicted octanol–water partition coefficient (Wildman–Crippen LogP) is 1.91. The molecule has 0 atom stereocenters. The van der Waals surface area contributed by atoms with Crippen LogP contribution < -0.4 is 14.8 Å². The van der Waals surface area contributed by atoms with Crippen molar-refractivity contribution in [1.82, 2.24) is 9.97 Å². The third-order valence-corrected chi connectivity index (χ3v) is 3.06. The molecule has 0 amide bonds. The van der Waals surface area contributed by atoms with E-state index in [9.17, 15) is 0 Å². The molecule has 4 rings (SSSR count). The number of rotatable bonds is 2. The molecule has 0 radical (unpaired) electrons. The van der Waals surface area contributed by atoms with Gasteiger partial charge in [-0.15, -0.1) is 0 Å². The standard InChI is InChI=1S/C12H13N3O2/c1-2-7(1)13-12-14-8-5-10-11(6-9(8)15-12)17-4-3-16-10/h5-7H,1-4H2,(H2,13,14,15). The molecule has 5 heteroatoms. The number of nitrogens with one attached hydrogen (secondary N) is 2. The summed E-state index contributed by atoms with van der Waals surface area (Å²) in [5, 5.41) is 3.35. The zero-order valence-electron chi connectivity index (χ0n) is 9.32. The second-order valence-electron chi connectivity index (χ2n) is 4.52. The molecular formula is C12H13N3O2. The number of hydrogen-bond donors (Lipinski definition) is 2. The van der Waals surface area contributed by atoms with Gasteiger partial charge in [-0.25, -0.2) is 4.98 Å². The van der Waals surface area contributed by atoms with E-state index in [4.69, 9.17) is 9.47 Å². The Balaban J connectivity index is 1.77. The first kappa shape index (κ1) is 9.15. The van der Waals surface area contributed by atoms with Gasteiger partial charge >= 0.3 is 0 Å². The molecule has 17 heavy (non-hydrogen) atoms. The molecule has 1 aromatic heterocycles. The lowest BCUT2D eigenvalue weighted by molar-refractivity contribution is 0.172. The predicted molar refractivity (Wildman–Crippen MR) is 63.7 cm³/mol. The molecule has 5 nitrogen and oxygen atoms in total. The van der Waals surface area contributed by atoms with Gasteiger partial charge in [0.25, 0.3) is 0 Å². The van der Waals surface area contributed by atoms with Crippen molar-refractivity contribution in [3.63, 3.8) is 0 Å². The minimum Gasteiger partial charge on any atom is -0.486 e. The zero-order valence-corrected chi connectivity index (χ0v) is 9.32. The molecule has 1 aliphatic heterocycles. The van der Waals surface area contributed by atoms with Crippen LogP contribution in [0.25, 0.3) is 11.0 Å². The van der Waals surface area contributed by atoms with Gasteiger partial charge in [0.15, 0.2) is 11.5 Å². The summed E-state index contributed by atoms with van der Waals surface area (Å²) in [5.41, 5.74) is 1.90. The maximum atomic E-state index is 5.54. The summed E-state index contributed by atoms with van der Waals surface area (Å²) < 4.78 is 11.1. The first-order chi connectivity index (χ1) is 8.38. The summed E-state index contributed by atoms with van der Waals surface area (Å²) >= 11 is 0. The molecule has 2 N–H and O–H groups in total. The van der Waals surface area contributed by atoms with E-state index < -0.39 is 0 Å². The molecule has 2 aromatic rings. The van der Waals surface area contributed by atoms with Crippen molar-refractivity contribution in [1.29, 1.82) is 0 Å². The van der Waals surface area contributed by atoms with Crippen molar-refractivity contribution >= 4 is 17.0 Å². The van der Waals surface area contributed by atoms with Crippen LogP contribution in [-0.4, -0.2) is 29.2 Å². The van der Waals surface area contributed by atoms with Crippen LogP contribution in [0.2, 0.25) is 0 Å². The van der Waals surface area contributed by atoms with Crippen LogP contribution in [0, 0.1) is 0 Å². The SMILES string of the molecule is c1c2c(cc3[nH]c(NC4CC4)nc13)OCCO2. The Morgan fingerprint density at radius 2 is 1.94 bits per heavy atom. The molecule has 2 aliphatic rings. The van der Waals surface area contributed by atoms with E-state index in [1.54, 1.807) is 0 Å². The minimum atomic E-state index is 0.595. The fourth-order valence-corrected chi connectivity index (χ4v) is 2.04. The quantitative estimate of drug-likeness (QED) is 0.828. The third kappa shape index (κ3) is 1.58. The van der Waals surface area contributed by atoms with E-state index in [0.29, 0.717) is 19.3 Å². The summed E-state index contributed by atoms with van der Waals surface area (Å²) in [5.74, 6) is 2.42. The lowest BCUT2D eigenvalue weighted by Crippen LogP contribution is -2.15. The van der Waals surface area contributed by atoms with E-state index in [1.807, 2.05) is 12.1 Å². The van der Waals surface area contributed by atoms with Gasteiger partial charge in [-0.05, 0) is 12.8 Å². The van der Waals surface area contributed by atoms with E-state index in [0.717, 1.165) is 28.5 Å². The molecule has 88 valence electrons. The number of nitrogens with zero attached hydrogens (tertiary/aromatic N) is 1. The van der Waals surface area contributed by atoms with E-state index in [2.05, 4.69) is 15.3 Å². The average Bonchev–Trinajstić information content (AvgIpc) is 3.06. The van der Waals surface area contributed by atoms with Gasteiger partial charge < -0.3 is 19.8 Å². The van der Waals surface area contributed by atoms with E-state index >= 15 is 0 Å². The molecule has 0 unspecified atom stereocenters. The molecule has 2 heterocycles. The van der Waals surface area contributed by atoms with Crippen molar-refractivity contribution in [2.45, 2.75) is 18.9 Å². The topological polar surface area (TPSA) is 59.2 Å². The van der Waals surface area contributed by atoms with Gasteiger partial charge in [-0.2, -0.15) is 0 Å². The zero-order chi connectivity index (χ0) is 11.2. The number of aromatic nitrogens is 2. The van der Waals surface area contributed by atoms with E-state index in [1.165, 1.54) is 12.8 Å². The molecule has 0 bridgehead atoms. The summed E-state index contributed by atoms with van der Waals surface area (Å²) in [6.07, 6.45) is 2.47. The highest BCUT2D eigenvalue weighted by atomic mass is 16.6. The average molecular weight is 231 g/mol. The number of ether oxygens (including phenoxy) is 2. The Kier molecular flexibility index (Phi) is 1.77. The largest absolute Gasteiger partial charge is 0.486 e. The Morgan fingerprint density at radius 3 is 2.71 bits per heavy atom. The Hall–Kier alpha value is -1.91. The van der Waals surface area contributed by atoms with Gasteiger partial charge in [0.2, 0.25) is 5.95 Å². The molecule has 0 saturated heterocycles. The highest BCUT2D eigenvalue weighted by Gasteiger charge is 2.22. The van der Waals surface area contributed by atoms with Gasteiger partial charge in [0, 0.05) is 18.2 Å². The van der Waals surface area contributed by atoms with Gasteiger partial charge in [-0.3, -0.25) is 0 Å². The van der Waals surface area contributed by atoms with Crippen LogP contribution in [0.15, 0.2) is 12.1 Å². The van der Waals surface area contributed by atoms with Crippen LogP contribution in [0.1, 0.15) is 12.8 Å². The first-order valence-electron chi connectivity index (χ1n) is 5.94. The highest BCUT2D eigenvalue weighted by molar-refractivity contribution is 5.81. The number of imidazole rings is 1. The second-order valence-corrected chi connectivity index (χ2v) is 4.52. The van der Waals surface area contributed by atoms with Crippen molar-refractivity contribution in [3.8, 4) is 11.5 Å². The summed E-state index contributed by atoms with van der Waals surface area (Å²) in [6.45, 7) is 1.22. The molecule has 1 aliphatic carbocycles. The number of hydrogen-bond acceptors (Lipinski definition) is 4. The lowest BCUT2D eigenvalue weighted by atomic mass is 10.2. The Bertz CT molecular complexity index is 531. The van der Waals surface area contributed by atoms with Gasteiger partial charge in [0.05, 0.1) is 11.0 Å². The number of H-pyrrole nitrogens is 1. The van der Waals surface area contributed by atoms with Gasteiger partial charge in [0.1, 0.15) is 13.2 Å². The Labute approximate surface area is 98.1 Å². The van der Waals surface area contributed by atoms with Crippen molar-refractivity contribution in [3.05, 3.63) is 12.1 Å². The maximum absolute atomic E-state index is 5.54. The number of anilines is 1. The number of fused-ring (bicyclic) bond motifs is 2.